The molecule has 0 N–H and O–H groups in total. The summed E-state index contributed by atoms with van der Waals surface area (Å²) in [4.78, 5) is 24.4. The number of Topliss-reactive ketones (excluding diaryl/α,β-unsaturated/α-hetero) is 1. The molecule has 0 aromatic rings. The van der Waals surface area contributed by atoms with Gasteiger partial charge in [-0.1, -0.05) is 20.8 Å². The smallest absolute Gasteiger partial charge is 0.317 e. The first-order valence-electron chi connectivity index (χ1n) is 6.83. The van der Waals surface area contributed by atoms with Crippen LogP contribution in [0.15, 0.2) is 0 Å². The van der Waals surface area contributed by atoms with Crippen molar-refractivity contribution in [2.75, 3.05) is 0 Å². The molecule has 1 unspecified atom stereocenters. The second-order valence-electron chi connectivity index (χ2n) is 6.95. The number of rotatable bonds is 2. The molecule has 1 fully saturated rings. The first kappa shape index (κ1) is 15.2. The maximum absolute atomic E-state index is 12.3. The van der Waals surface area contributed by atoms with Crippen LogP contribution in [0.3, 0.4) is 0 Å². The van der Waals surface area contributed by atoms with Crippen molar-refractivity contribution in [3.63, 3.8) is 0 Å². The molecule has 104 valence electrons. The van der Waals surface area contributed by atoms with E-state index < -0.39 is 11.5 Å². The third kappa shape index (κ3) is 3.12. The molecule has 1 aliphatic rings. The molecular formula is C15H26O3. The summed E-state index contributed by atoms with van der Waals surface area (Å²) < 4.78 is 5.43. The van der Waals surface area contributed by atoms with Crippen LogP contribution in [0.1, 0.15) is 60.8 Å². The largest absolute Gasteiger partial charge is 0.459 e. The number of carbonyl (C=O) groups is 2. The summed E-state index contributed by atoms with van der Waals surface area (Å²) in [5.41, 5.74) is -0.801. The fourth-order valence-corrected chi connectivity index (χ4v) is 2.68. The van der Waals surface area contributed by atoms with Crippen LogP contribution in [0.25, 0.3) is 0 Å². The van der Waals surface area contributed by atoms with Gasteiger partial charge in [0.1, 0.15) is 17.3 Å². The van der Waals surface area contributed by atoms with Gasteiger partial charge in [0.25, 0.3) is 0 Å². The van der Waals surface area contributed by atoms with Crippen molar-refractivity contribution in [3.8, 4) is 0 Å². The van der Waals surface area contributed by atoms with E-state index in [1.165, 1.54) is 0 Å². The fourth-order valence-electron chi connectivity index (χ4n) is 2.68. The maximum atomic E-state index is 12.3. The lowest BCUT2D eigenvalue weighted by Gasteiger charge is -2.43. The summed E-state index contributed by atoms with van der Waals surface area (Å²) in [6.45, 7) is 11.7. The highest BCUT2D eigenvalue weighted by Crippen LogP contribution is 2.45. The highest BCUT2D eigenvalue weighted by Gasteiger charge is 2.49. The Morgan fingerprint density at radius 1 is 1.39 bits per heavy atom. The molecule has 0 bridgehead atoms. The zero-order valence-corrected chi connectivity index (χ0v) is 12.5. The Labute approximate surface area is 110 Å². The van der Waals surface area contributed by atoms with Gasteiger partial charge in [0.2, 0.25) is 0 Å². The predicted molar refractivity (Wildman–Crippen MR) is 71.1 cm³/mol. The van der Waals surface area contributed by atoms with Gasteiger partial charge in [-0.3, -0.25) is 9.59 Å². The second kappa shape index (κ2) is 5.02. The number of carbonyl (C=O) groups excluding carboxylic acids is 2. The quantitative estimate of drug-likeness (QED) is 0.560. The van der Waals surface area contributed by atoms with Crippen molar-refractivity contribution in [2.45, 2.75) is 66.4 Å². The van der Waals surface area contributed by atoms with E-state index >= 15 is 0 Å². The number of ketones is 1. The summed E-state index contributed by atoms with van der Waals surface area (Å²) >= 11 is 0. The molecular weight excluding hydrogens is 228 g/mol. The summed E-state index contributed by atoms with van der Waals surface area (Å²) in [7, 11) is 0. The predicted octanol–water partition coefficient (Wildman–Crippen LogP) is 3.36. The molecule has 0 heterocycles. The van der Waals surface area contributed by atoms with Gasteiger partial charge in [-0.25, -0.2) is 0 Å². The number of hydrogen-bond acceptors (Lipinski definition) is 3. The van der Waals surface area contributed by atoms with E-state index in [0.717, 1.165) is 12.8 Å². The molecule has 0 aliphatic heterocycles. The Kier molecular flexibility index (Phi) is 4.24. The van der Waals surface area contributed by atoms with Gasteiger partial charge < -0.3 is 4.74 Å². The average molecular weight is 254 g/mol. The van der Waals surface area contributed by atoms with Crippen molar-refractivity contribution in [3.05, 3.63) is 0 Å². The van der Waals surface area contributed by atoms with Crippen molar-refractivity contribution in [1.29, 1.82) is 0 Å². The molecule has 0 spiro atoms. The molecule has 3 nitrogen and oxygen atoms in total. The van der Waals surface area contributed by atoms with Gasteiger partial charge in [-0.15, -0.1) is 0 Å². The molecule has 0 aromatic carbocycles. The Hall–Kier alpha value is -0.860. The van der Waals surface area contributed by atoms with E-state index in [0.29, 0.717) is 12.3 Å². The first-order valence-corrected chi connectivity index (χ1v) is 6.83. The van der Waals surface area contributed by atoms with Crippen LogP contribution in [0.4, 0.5) is 0 Å². The van der Waals surface area contributed by atoms with Crippen molar-refractivity contribution in [1.82, 2.24) is 0 Å². The van der Waals surface area contributed by atoms with Crippen LogP contribution in [0, 0.1) is 17.3 Å². The molecule has 1 aliphatic carbocycles. The molecule has 3 heteroatoms. The number of ether oxygens (including phenoxy) is 1. The Balaban J connectivity index is 2.99. The van der Waals surface area contributed by atoms with Crippen LogP contribution in [-0.4, -0.2) is 17.4 Å². The van der Waals surface area contributed by atoms with Crippen molar-refractivity contribution in [2.24, 2.45) is 17.3 Å². The van der Waals surface area contributed by atoms with Crippen LogP contribution in [0.2, 0.25) is 0 Å². The van der Waals surface area contributed by atoms with E-state index in [2.05, 4.69) is 13.8 Å². The normalized spacial score (nSPS) is 29.5. The summed E-state index contributed by atoms with van der Waals surface area (Å²) in [5, 5.41) is 0. The minimum absolute atomic E-state index is 0.0479. The zero-order valence-electron chi connectivity index (χ0n) is 12.5. The SMILES string of the molecule is CC(C)[C@@]1(C)CCCC(=O)C1C(=O)OC(C)(C)C. The van der Waals surface area contributed by atoms with E-state index in [1.54, 1.807) is 0 Å². The molecule has 1 rings (SSSR count). The minimum Gasteiger partial charge on any atom is -0.459 e. The lowest BCUT2D eigenvalue weighted by atomic mass is 9.61. The monoisotopic (exact) mass is 254 g/mol. The molecule has 18 heavy (non-hydrogen) atoms. The molecule has 0 radical (unpaired) electrons. The topological polar surface area (TPSA) is 43.4 Å². The standard InChI is InChI=1S/C15H26O3/c1-10(2)15(6)9-7-8-11(16)12(15)13(17)18-14(3,4)5/h10,12H,7-9H2,1-6H3/t12?,15-/m1/s1. The lowest BCUT2D eigenvalue weighted by molar-refractivity contribution is -0.171. The lowest BCUT2D eigenvalue weighted by Crippen LogP contribution is -2.47. The summed E-state index contributed by atoms with van der Waals surface area (Å²) in [6, 6.07) is 0. The average Bonchev–Trinajstić information content (AvgIpc) is 2.13. The Morgan fingerprint density at radius 3 is 2.39 bits per heavy atom. The van der Waals surface area contributed by atoms with Crippen molar-refractivity contribution >= 4 is 11.8 Å². The molecule has 0 aromatic heterocycles. The summed E-state index contributed by atoms with van der Waals surface area (Å²) in [5.74, 6) is -0.597. The fraction of sp³-hybridized carbons (Fsp3) is 0.867. The zero-order chi connectivity index (χ0) is 14.1. The number of hydrogen-bond donors (Lipinski definition) is 0. The number of esters is 1. The third-order valence-electron chi connectivity index (χ3n) is 4.08. The summed E-state index contributed by atoms with van der Waals surface area (Å²) in [6.07, 6.45) is 2.30. The van der Waals surface area contributed by atoms with Gasteiger partial charge in [0.05, 0.1) is 0 Å². The van der Waals surface area contributed by atoms with E-state index in [4.69, 9.17) is 4.74 Å². The van der Waals surface area contributed by atoms with E-state index in [9.17, 15) is 9.59 Å². The van der Waals surface area contributed by atoms with Gasteiger partial charge in [0.15, 0.2) is 0 Å². The van der Waals surface area contributed by atoms with Crippen LogP contribution in [0.5, 0.6) is 0 Å². The molecule has 0 saturated heterocycles. The Bertz CT molecular complexity index is 338. The van der Waals surface area contributed by atoms with Gasteiger partial charge >= 0.3 is 5.97 Å². The van der Waals surface area contributed by atoms with Crippen molar-refractivity contribution < 1.29 is 14.3 Å². The van der Waals surface area contributed by atoms with Crippen LogP contribution in [-0.2, 0) is 14.3 Å². The van der Waals surface area contributed by atoms with Gasteiger partial charge in [-0.2, -0.15) is 0 Å². The molecule has 2 atom stereocenters. The third-order valence-corrected chi connectivity index (χ3v) is 4.08. The van der Waals surface area contributed by atoms with E-state index in [1.807, 2.05) is 27.7 Å². The minimum atomic E-state index is -0.592. The highest BCUT2D eigenvalue weighted by molar-refractivity contribution is 6.00. The van der Waals surface area contributed by atoms with Crippen LogP contribution < -0.4 is 0 Å². The molecule has 1 saturated carbocycles. The maximum Gasteiger partial charge on any atom is 0.317 e. The van der Waals surface area contributed by atoms with E-state index in [-0.39, 0.29) is 17.2 Å². The van der Waals surface area contributed by atoms with Crippen LogP contribution >= 0.6 is 0 Å². The second-order valence-corrected chi connectivity index (χ2v) is 6.95. The van der Waals surface area contributed by atoms with Gasteiger partial charge in [-0.05, 0) is 44.9 Å². The Morgan fingerprint density at radius 2 is 1.94 bits per heavy atom. The first-order chi connectivity index (χ1) is 8.08. The highest BCUT2D eigenvalue weighted by atomic mass is 16.6. The van der Waals surface area contributed by atoms with Gasteiger partial charge in [0, 0.05) is 6.42 Å². The molecule has 0 amide bonds.